The van der Waals surface area contributed by atoms with Crippen molar-refractivity contribution < 1.29 is 22.7 Å². The highest BCUT2D eigenvalue weighted by Crippen LogP contribution is 2.29. The molecule has 2 aliphatic rings. The lowest BCUT2D eigenvalue weighted by Gasteiger charge is -2.32. The van der Waals surface area contributed by atoms with Crippen molar-refractivity contribution in [1.29, 1.82) is 0 Å². The third-order valence-corrected chi connectivity index (χ3v) is 6.57. The molecule has 2 N–H and O–H groups in total. The van der Waals surface area contributed by atoms with Gasteiger partial charge in [-0.15, -0.1) is 0 Å². The van der Waals surface area contributed by atoms with Crippen LogP contribution >= 0.6 is 0 Å². The summed E-state index contributed by atoms with van der Waals surface area (Å²) in [5.41, 5.74) is 0.272. The summed E-state index contributed by atoms with van der Waals surface area (Å²) in [6, 6.07) is 4.38. The molecule has 1 aromatic rings. The van der Waals surface area contributed by atoms with Gasteiger partial charge in [-0.25, -0.2) is 13.1 Å². The standard InChI is InChI=1S/C19H27N3O5S/c1-3-20-18(23)14-5-4-10-22(12-14)19(24)13-6-9-16(27-2)17(11-13)28(25,26)21-15-7-8-15/h6,9,11,14-15,21H,3-5,7-8,10,12H2,1-2H3,(H,20,23). The summed E-state index contributed by atoms with van der Waals surface area (Å²) in [4.78, 5) is 26.7. The first kappa shape index (κ1) is 20.6. The van der Waals surface area contributed by atoms with Gasteiger partial charge in [0.25, 0.3) is 5.91 Å². The van der Waals surface area contributed by atoms with E-state index in [2.05, 4.69) is 10.0 Å². The molecule has 1 aliphatic heterocycles. The van der Waals surface area contributed by atoms with Crippen molar-refractivity contribution in [3.8, 4) is 5.75 Å². The second-order valence-electron chi connectivity index (χ2n) is 7.25. The van der Waals surface area contributed by atoms with Crippen LogP contribution in [0.4, 0.5) is 0 Å². The molecule has 1 heterocycles. The fourth-order valence-corrected chi connectivity index (χ4v) is 4.88. The van der Waals surface area contributed by atoms with Gasteiger partial charge < -0.3 is 15.0 Å². The maximum Gasteiger partial charge on any atom is 0.253 e. The smallest absolute Gasteiger partial charge is 0.253 e. The maximum absolute atomic E-state index is 13.0. The lowest BCUT2D eigenvalue weighted by molar-refractivity contribution is -0.126. The summed E-state index contributed by atoms with van der Waals surface area (Å²) in [6.45, 7) is 3.29. The van der Waals surface area contributed by atoms with Gasteiger partial charge in [-0.3, -0.25) is 9.59 Å². The Morgan fingerprint density at radius 2 is 2.00 bits per heavy atom. The molecule has 3 rings (SSSR count). The van der Waals surface area contributed by atoms with Gasteiger partial charge in [0.15, 0.2) is 0 Å². The topological polar surface area (TPSA) is 105 Å². The first-order valence-electron chi connectivity index (χ1n) is 9.63. The third kappa shape index (κ3) is 4.64. The van der Waals surface area contributed by atoms with Gasteiger partial charge in [-0.05, 0) is 50.8 Å². The predicted molar refractivity (Wildman–Crippen MR) is 104 cm³/mol. The molecule has 0 aromatic heterocycles. The Morgan fingerprint density at radius 3 is 2.64 bits per heavy atom. The molecule has 0 spiro atoms. The summed E-state index contributed by atoms with van der Waals surface area (Å²) in [7, 11) is -2.37. The normalized spacial score (nSPS) is 19.9. The van der Waals surface area contributed by atoms with Crippen LogP contribution in [-0.4, -0.2) is 57.9 Å². The SMILES string of the molecule is CCNC(=O)C1CCCN(C(=O)c2ccc(OC)c(S(=O)(=O)NC3CC3)c2)C1. The number of likely N-dealkylation sites (tertiary alicyclic amines) is 1. The van der Waals surface area contributed by atoms with Gasteiger partial charge in [-0.1, -0.05) is 0 Å². The molecule has 1 aliphatic carbocycles. The van der Waals surface area contributed by atoms with Gasteiger partial charge in [0.1, 0.15) is 10.6 Å². The lowest BCUT2D eigenvalue weighted by atomic mass is 9.96. The van der Waals surface area contributed by atoms with Crippen LogP contribution < -0.4 is 14.8 Å². The first-order valence-corrected chi connectivity index (χ1v) is 11.1. The highest BCUT2D eigenvalue weighted by Gasteiger charge is 2.32. The summed E-state index contributed by atoms with van der Waals surface area (Å²) < 4.78 is 33.1. The van der Waals surface area contributed by atoms with E-state index in [4.69, 9.17) is 4.74 Å². The quantitative estimate of drug-likeness (QED) is 0.702. The van der Waals surface area contributed by atoms with Crippen molar-refractivity contribution in [1.82, 2.24) is 14.9 Å². The van der Waals surface area contributed by atoms with Crippen molar-refractivity contribution in [3.05, 3.63) is 23.8 Å². The average molecular weight is 410 g/mol. The molecule has 0 bridgehead atoms. The molecular formula is C19H27N3O5S. The molecule has 28 heavy (non-hydrogen) atoms. The van der Waals surface area contributed by atoms with E-state index >= 15 is 0 Å². The van der Waals surface area contributed by atoms with Crippen LogP contribution in [0.3, 0.4) is 0 Å². The highest BCUT2D eigenvalue weighted by atomic mass is 32.2. The van der Waals surface area contributed by atoms with Crippen LogP contribution in [0.25, 0.3) is 0 Å². The zero-order chi connectivity index (χ0) is 20.3. The monoisotopic (exact) mass is 409 g/mol. The Morgan fingerprint density at radius 1 is 1.25 bits per heavy atom. The van der Waals surface area contributed by atoms with Crippen LogP contribution in [0.15, 0.2) is 23.1 Å². The van der Waals surface area contributed by atoms with Crippen LogP contribution in [-0.2, 0) is 14.8 Å². The second kappa shape index (κ2) is 8.48. The van der Waals surface area contributed by atoms with Crippen LogP contribution in [0, 0.1) is 5.92 Å². The van der Waals surface area contributed by atoms with Crippen molar-refractivity contribution in [2.75, 3.05) is 26.7 Å². The number of nitrogens with one attached hydrogen (secondary N) is 2. The highest BCUT2D eigenvalue weighted by molar-refractivity contribution is 7.89. The number of piperidine rings is 1. The van der Waals surface area contributed by atoms with E-state index in [0.717, 1.165) is 25.7 Å². The zero-order valence-electron chi connectivity index (χ0n) is 16.2. The maximum atomic E-state index is 13.0. The largest absolute Gasteiger partial charge is 0.495 e. The van der Waals surface area contributed by atoms with Crippen molar-refractivity contribution >= 4 is 21.8 Å². The second-order valence-corrected chi connectivity index (χ2v) is 8.93. The number of nitrogens with zero attached hydrogens (tertiary/aromatic N) is 1. The number of sulfonamides is 1. The Balaban J connectivity index is 1.81. The van der Waals surface area contributed by atoms with E-state index in [1.165, 1.54) is 19.2 Å². The molecular weight excluding hydrogens is 382 g/mol. The Bertz CT molecular complexity index is 851. The van der Waals surface area contributed by atoms with Crippen LogP contribution in [0.1, 0.15) is 43.0 Å². The summed E-state index contributed by atoms with van der Waals surface area (Å²) >= 11 is 0. The van der Waals surface area contributed by atoms with Gasteiger partial charge in [0, 0.05) is 31.2 Å². The van der Waals surface area contributed by atoms with E-state index in [1.807, 2.05) is 6.92 Å². The molecule has 8 nitrogen and oxygen atoms in total. The minimum Gasteiger partial charge on any atom is -0.495 e. The average Bonchev–Trinajstić information content (AvgIpc) is 3.50. The Kier molecular flexibility index (Phi) is 6.24. The molecule has 1 atom stereocenters. The molecule has 1 saturated carbocycles. The van der Waals surface area contributed by atoms with E-state index < -0.39 is 10.0 Å². The molecule has 154 valence electrons. The van der Waals surface area contributed by atoms with Gasteiger partial charge in [0.05, 0.1) is 13.0 Å². The number of carbonyl (C=O) groups excluding carboxylic acids is 2. The minimum atomic E-state index is -3.77. The summed E-state index contributed by atoms with van der Waals surface area (Å²) in [5, 5.41) is 2.80. The number of methoxy groups -OCH3 is 1. The number of rotatable bonds is 7. The van der Waals surface area contributed by atoms with Crippen LogP contribution in [0.5, 0.6) is 5.75 Å². The number of amides is 2. The van der Waals surface area contributed by atoms with E-state index in [9.17, 15) is 18.0 Å². The number of hydrogen-bond acceptors (Lipinski definition) is 5. The number of hydrogen-bond donors (Lipinski definition) is 2. The molecule has 2 amide bonds. The van der Waals surface area contributed by atoms with E-state index in [0.29, 0.717) is 19.6 Å². The van der Waals surface area contributed by atoms with Crippen LogP contribution in [0.2, 0.25) is 0 Å². The number of benzene rings is 1. The molecule has 1 unspecified atom stereocenters. The summed E-state index contributed by atoms with van der Waals surface area (Å²) in [5.74, 6) is -0.370. The number of carbonyl (C=O) groups is 2. The predicted octanol–water partition coefficient (Wildman–Crippen LogP) is 1.12. The van der Waals surface area contributed by atoms with Gasteiger partial charge in [0.2, 0.25) is 15.9 Å². The third-order valence-electron chi connectivity index (χ3n) is 5.03. The first-order chi connectivity index (χ1) is 13.4. The Hall–Kier alpha value is -2.13. The van der Waals surface area contributed by atoms with E-state index in [-0.39, 0.29) is 40.0 Å². The van der Waals surface area contributed by atoms with Crippen molar-refractivity contribution in [2.24, 2.45) is 5.92 Å². The van der Waals surface area contributed by atoms with Crippen molar-refractivity contribution in [2.45, 2.75) is 43.5 Å². The van der Waals surface area contributed by atoms with E-state index in [1.54, 1.807) is 11.0 Å². The molecule has 0 radical (unpaired) electrons. The van der Waals surface area contributed by atoms with Crippen molar-refractivity contribution in [3.63, 3.8) is 0 Å². The zero-order valence-corrected chi connectivity index (χ0v) is 17.0. The van der Waals surface area contributed by atoms with Gasteiger partial charge in [-0.2, -0.15) is 0 Å². The Labute approximate surface area is 165 Å². The molecule has 1 aromatic carbocycles. The molecule has 9 heteroatoms. The fourth-order valence-electron chi connectivity index (χ4n) is 3.38. The lowest BCUT2D eigenvalue weighted by Crippen LogP contribution is -2.45. The molecule has 1 saturated heterocycles. The van der Waals surface area contributed by atoms with Gasteiger partial charge >= 0.3 is 0 Å². The number of ether oxygens (including phenoxy) is 1. The minimum absolute atomic E-state index is 0.0370. The summed E-state index contributed by atoms with van der Waals surface area (Å²) in [6.07, 6.45) is 3.10. The fraction of sp³-hybridized carbons (Fsp3) is 0.579. The molecule has 2 fully saturated rings.